The van der Waals surface area contributed by atoms with E-state index in [2.05, 4.69) is 5.10 Å². The average molecular weight is 319 g/mol. The average Bonchev–Trinajstić information content (AvgIpc) is 3.25. The van der Waals surface area contributed by atoms with Gasteiger partial charge in [0.1, 0.15) is 0 Å². The molecule has 1 aromatic rings. The molecule has 3 rings (SSSR count). The van der Waals surface area contributed by atoms with Crippen LogP contribution in [0.25, 0.3) is 0 Å². The van der Waals surface area contributed by atoms with Crippen LogP contribution in [-0.4, -0.2) is 39.2 Å². The minimum absolute atomic E-state index is 0.131. The number of amides is 1. The second-order valence-electron chi connectivity index (χ2n) is 6.44. The monoisotopic (exact) mass is 319 g/mol. The molecule has 2 aliphatic carbocycles. The molecule has 126 valence electrons. The standard InChI is InChI=1S/C17H25N3O3/c1-3-23-17(22)16(21)20(12-7-4-5-8-12)11-14-13-9-6-10-15(13)19(2)18-14/h12H,3-11H2,1-2H3. The van der Waals surface area contributed by atoms with E-state index in [0.29, 0.717) is 6.54 Å². The highest BCUT2D eigenvalue weighted by Gasteiger charge is 2.33. The van der Waals surface area contributed by atoms with Crippen LogP contribution in [0.5, 0.6) is 0 Å². The Morgan fingerprint density at radius 2 is 2.00 bits per heavy atom. The highest BCUT2D eigenvalue weighted by atomic mass is 16.5. The van der Waals surface area contributed by atoms with Crippen molar-refractivity contribution in [1.82, 2.24) is 14.7 Å². The topological polar surface area (TPSA) is 64.4 Å². The van der Waals surface area contributed by atoms with Gasteiger partial charge in [-0.3, -0.25) is 9.48 Å². The molecule has 2 aliphatic rings. The predicted molar refractivity (Wildman–Crippen MR) is 84.7 cm³/mol. The number of hydrogen-bond acceptors (Lipinski definition) is 4. The zero-order chi connectivity index (χ0) is 16.4. The molecule has 23 heavy (non-hydrogen) atoms. The van der Waals surface area contributed by atoms with E-state index in [4.69, 9.17) is 4.74 Å². The van der Waals surface area contributed by atoms with Crippen LogP contribution in [0.4, 0.5) is 0 Å². The van der Waals surface area contributed by atoms with Crippen molar-refractivity contribution in [3.63, 3.8) is 0 Å². The number of fused-ring (bicyclic) bond motifs is 1. The first-order valence-corrected chi connectivity index (χ1v) is 8.63. The van der Waals surface area contributed by atoms with Crippen LogP contribution >= 0.6 is 0 Å². The van der Waals surface area contributed by atoms with Gasteiger partial charge in [-0.25, -0.2) is 4.79 Å². The SMILES string of the molecule is CCOC(=O)C(=O)N(Cc1nn(C)c2c1CCC2)C1CCCC1. The molecule has 1 fully saturated rings. The third-order valence-electron chi connectivity index (χ3n) is 4.99. The zero-order valence-electron chi connectivity index (χ0n) is 14.0. The fourth-order valence-corrected chi connectivity index (χ4v) is 3.88. The van der Waals surface area contributed by atoms with Gasteiger partial charge >= 0.3 is 11.9 Å². The number of carbonyl (C=O) groups excluding carboxylic acids is 2. The van der Waals surface area contributed by atoms with Crippen molar-refractivity contribution in [2.24, 2.45) is 7.05 Å². The van der Waals surface area contributed by atoms with Gasteiger partial charge in [-0.1, -0.05) is 12.8 Å². The molecule has 1 amide bonds. The summed E-state index contributed by atoms with van der Waals surface area (Å²) < 4.78 is 6.85. The van der Waals surface area contributed by atoms with E-state index in [0.717, 1.165) is 50.6 Å². The normalized spacial score (nSPS) is 17.3. The molecule has 0 saturated heterocycles. The van der Waals surface area contributed by atoms with E-state index < -0.39 is 11.9 Å². The van der Waals surface area contributed by atoms with Gasteiger partial charge in [0.15, 0.2) is 0 Å². The summed E-state index contributed by atoms with van der Waals surface area (Å²) in [5.41, 5.74) is 3.49. The summed E-state index contributed by atoms with van der Waals surface area (Å²) in [4.78, 5) is 26.2. The molecule has 0 atom stereocenters. The van der Waals surface area contributed by atoms with Gasteiger partial charge < -0.3 is 9.64 Å². The van der Waals surface area contributed by atoms with Crippen LogP contribution in [0, 0.1) is 0 Å². The molecular formula is C17H25N3O3. The highest BCUT2D eigenvalue weighted by Crippen LogP contribution is 2.29. The second-order valence-corrected chi connectivity index (χ2v) is 6.44. The smallest absolute Gasteiger partial charge is 0.397 e. The van der Waals surface area contributed by atoms with E-state index in [1.807, 2.05) is 11.7 Å². The second kappa shape index (κ2) is 6.72. The maximum absolute atomic E-state index is 12.5. The molecule has 6 heteroatoms. The number of nitrogens with zero attached hydrogens (tertiary/aromatic N) is 3. The summed E-state index contributed by atoms with van der Waals surface area (Å²) in [7, 11) is 1.96. The van der Waals surface area contributed by atoms with Crippen molar-refractivity contribution in [1.29, 1.82) is 0 Å². The Kier molecular flexibility index (Phi) is 4.68. The lowest BCUT2D eigenvalue weighted by atomic mass is 10.1. The Labute approximate surface area is 136 Å². The number of carbonyl (C=O) groups is 2. The number of aromatic nitrogens is 2. The zero-order valence-corrected chi connectivity index (χ0v) is 14.0. The van der Waals surface area contributed by atoms with E-state index in [9.17, 15) is 9.59 Å². The Morgan fingerprint density at radius 3 is 2.70 bits per heavy atom. The lowest BCUT2D eigenvalue weighted by molar-refractivity contribution is -0.161. The minimum Gasteiger partial charge on any atom is -0.459 e. The number of ether oxygens (including phenoxy) is 1. The third kappa shape index (κ3) is 3.12. The molecule has 0 aromatic carbocycles. The maximum atomic E-state index is 12.5. The Hall–Kier alpha value is -1.85. The van der Waals surface area contributed by atoms with Crippen LogP contribution in [0.1, 0.15) is 56.0 Å². The summed E-state index contributed by atoms with van der Waals surface area (Å²) in [5, 5.41) is 4.60. The summed E-state index contributed by atoms with van der Waals surface area (Å²) in [5.74, 6) is -1.26. The van der Waals surface area contributed by atoms with Gasteiger partial charge in [-0.2, -0.15) is 5.10 Å². The molecule has 1 heterocycles. The molecule has 0 bridgehead atoms. The number of rotatable bonds is 4. The first kappa shape index (κ1) is 16.0. The Morgan fingerprint density at radius 1 is 1.26 bits per heavy atom. The lowest BCUT2D eigenvalue weighted by Gasteiger charge is -2.27. The highest BCUT2D eigenvalue weighted by molar-refractivity contribution is 6.32. The molecule has 0 aliphatic heterocycles. The predicted octanol–water partition coefficient (Wildman–Crippen LogP) is 1.74. The number of hydrogen-bond donors (Lipinski definition) is 0. The van der Waals surface area contributed by atoms with E-state index >= 15 is 0 Å². The molecule has 1 saturated carbocycles. The molecular weight excluding hydrogens is 294 g/mol. The van der Waals surface area contributed by atoms with E-state index in [1.54, 1.807) is 11.8 Å². The van der Waals surface area contributed by atoms with Crippen molar-refractivity contribution in [3.8, 4) is 0 Å². The van der Waals surface area contributed by atoms with Crippen molar-refractivity contribution >= 4 is 11.9 Å². The summed E-state index contributed by atoms with van der Waals surface area (Å²) in [6.07, 6.45) is 7.34. The van der Waals surface area contributed by atoms with Crippen molar-refractivity contribution in [2.75, 3.05) is 6.61 Å². The summed E-state index contributed by atoms with van der Waals surface area (Å²) in [6, 6.07) is 0.131. The van der Waals surface area contributed by atoms with Crippen LogP contribution < -0.4 is 0 Å². The third-order valence-corrected chi connectivity index (χ3v) is 4.99. The number of aryl methyl sites for hydroxylation is 1. The largest absolute Gasteiger partial charge is 0.459 e. The Bertz CT molecular complexity index is 602. The fourth-order valence-electron chi connectivity index (χ4n) is 3.88. The van der Waals surface area contributed by atoms with E-state index in [-0.39, 0.29) is 12.6 Å². The van der Waals surface area contributed by atoms with Crippen LogP contribution in [0.3, 0.4) is 0 Å². The first-order valence-electron chi connectivity index (χ1n) is 8.63. The van der Waals surface area contributed by atoms with Gasteiger partial charge in [0.2, 0.25) is 0 Å². The molecule has 0 unspecified atom stereocenters. The van der Waals surface area contributed by atoms with Crippen molar-refractivity contribution in [3.05, 3.63) is 17.0 Å². The first-order chi connectivity index (χ1) is 11.1. The summed E-state index contributed by atoms with van der Waals surface area (Å²) in [6.45, 7) is 2.37. The van der Waals surface area contributed by atoms with E-state index in [1.165, 1.54) is 11.3 Å². The quantitative estimate of drug-likeness (QED) is 0.626. The van der Waals surface area contributed by atoms with Crippen molar-refractivity contribution < 1.29 is 14.3 Å². The van der Waals surface area contributed by atoms with Gasteiger partial charge in [0.05, 0.1) is 18.8 Å². The Balaban J connectivity index is 1.82. The number of esters is 1. The van der Waals surface area contributed by atoms with Crippen molar-refractivity contribution in [2.45, 2.75) is 64.5 Å². The molecule has 0 radical (unpaired) electrons. The molecule has 1 aromatic heterocycles. The molecule has 0 N–H and O–H groups in total. The summed E-state index contributed by atoms with van der Waals surface area (Å²) >= 11 is 0. The lowest BCUT2D eigenvalue weighted by Crippen LogP contribution is -2.43. The fraction of sp³-hybridized carbons (Fsp3) is 0.706. The van der Waals surface area contributed by atoms with Gasteiger partial charge in [-0.15, -0.1) is 0 Å². The van der Waals surface area contributed by atoms with Crippen LogP contribution in [-0.2, 0) is 40.8 Å². The maximum Gasteiger partial charge on any atom is 0.397 e. The minimum atomic E-state index is -0.744. The van der Waals surface area contributed by atoms with Gasteiger partial charge in [0, 0.05) is 18.8 Å². The van der Waals surface area contributed by atoms with Crippen LogP contribution in [0.15, 0.2) is 0 Å². The van der Waals surface area contributed by atoms with Gasteiger partial charge in [-0.05, 0) is 44.6 Å². The van der Waals surface area contributed by atoms with Gasteiger partial charge in [0.25, 0.3) is 0 Å². The molecule has 6 nitrogen and oxygen atoms in total. The van der Waals surface area contributed by atoms with Crippen LogP contribution in [0.2, 0.25) is 0 Å². The molecule has 0 spiro atoms.